The minimum atomic E-state index is -0.343. The molecule has 1 N–H and O–H groups in total. The van der Waals surface area contributed by atoms with Crippen LogP contribution in [0.25, 0.3) is 0 Å². The van der Waals surface area contributed by atoms with Gasteiger partial charge in [0.2, 0.25) is 0 Å². The maximum absolute atomic E-state index is 12.2. The van der Waals surface area contributed by atoms with E-state index in [0.29, 0.717) is 0 Å². The molecule has 3 heteroatoms. The van der Waals surface area contributed by atoms with Gasteiger partial charge in [-0.05, 0) is 36.2 Å². The van der Waals surface area contributed by atoms with Gasteiger partial charge in [0.05, 0.1) is 4.75 Å². The van der Waals surface area contributed by atoms with Crippen LogP contribution in [0.1, 0.15) is 36.5 Å². The maximum atomic E-state index is 12.2. The molecule has 0 aliphatic heterocycles. The first-order valence-electron chi connectivity index (χ1n) is 7.66. The molecular weight excluding hydrogens is 290 g/mol. The van der Waals surface area contributed by atoms with Crippen LogP contribution in [0.3, 0.4) is 0 Å². The highest BCUT2D eigenvalue weighted by Gasteiger charge is 2.36. The average Bonchev–Trinajstić information content (AvgIpc) is 2.55. The zero-order valence-corrected chi connectivity index (χ0v) is 14.2. The number of amides is 1. The molecule has 0 aromatic heterocycles. The van der Waals surface area contributed by atoms with Crippen molar-refractivity contribution in [2.75, 3.05) is 7.05 Å². The number of carbonyl (C=O) groups excluding carboxylic acids is 1. The molecule has 0 unspecified atom stereocenters. The highest BCUT2D eigenvalue weighted by molar-refractivity contribution is 8.14. The van der Waals surface area contributed by atoms with E-state index in [1.54, 1.807) is 7.05 Å². The van der Waals surface area contributed by atoms with E-state index in [4.69, 9.17) is 0 Å². The SMILES string of the molecule is CCC[C@@](SC(=O)NC)(c1ccccc1)c1ccc(C)cc1. The van der Waals surface area contributed by atoms with E-state index in [9.17, 15) is 4.79 Å². The highest BCUT2D eigenvalue weighted by atomic mass is 32.2. The molecule has 0 fully saturated rings. The molecule has 0 aliphatic carbocycles. The Morgan fingerprint density at radius 2 is 1.64 bits per heavy atom. The van der Waals surface area contributed by atoms with Gasteiger partial charge in [-0.25, -0.2) is 0 Å². The van der Waals surface area contributed by atoms with Gasteiger partial charge >= 0.3 is 0 Å². The number of rotatable bonds is 5. The Labute approximate surface area is 137 Å². The Morgan fingerprint density at radius 3 is 2.18 bits per heavy atom. The molecule has 0 radical (unpaired) electrons. The zero-order chi connectivity index (χ0) is 16.0. The summed E-state index contributed by atoms with van der Waals surface area (Å²) in [6.07, 6.45) is 1.92. The summed E-state index contributed by atoms with van der Waals surface area (Å²) in [6, 6.07) is 18.9. The van der Waals surface area contributed by atoms with Gasteiger partial charge in [0.1, 0.15) is 0 Å². The van der Waals surface area contributed by atoms with E-state index in [-0.39, 0.29) is 9.99 Å². The van der Waals surface area contributed by atoms with Crippen molar-refractivity contribution >= 4 is 17.0 Å². The molecule has 0 saturated carbocycles. The Hall–Kier alpha value is -1.74. The fourth-order valence-electron chi connectivity index (χ4n) is 2.72. The van der Waals surface area contributed by atoms with E-state index >= 15 is 0 Å². The second-order valence-corrected chi connectivity index (χ2v) is 6.72. The first-order chi connectivity index (χ1) is 10.6. The third-order valence-electron chi connectivity index (χ3n) is 3.83. The van der Waals surface area contributed by atoms with Gasteiger partial charge in [-0.2, -0.15) is 0 Å². The summed E-state index contributed by atoms with van der Waals surface area (Å²) in [7, 11) is 1.69. The Bertz CT molecular complexity index is 609. The normalized spacial score (nSPS) is 13.4. The van der Waals surface area contributed by atoms with Gasteiger partial charge in [0.25, 0.3) is 5.24 Å². The van der Waals surface area contributed by atoms with Crippen LogP contribution >= 0.6 is 11.8 Å². The van der Waals surface area contributed by atoms with Gasteiger partial charge in [-0.1, -0.05) is 73.5 Å². The molecule has 2 nitrogen and oxygen atoms in total. The van der Waals surface area contributed by atoms with Crippen molar-refractivity contribution < 1.29 is 4.79 Å². The lowest BCUT2D eigenvalue weighted by Crippen LogP contribution is -2.28. The standard InChI is InChI=1S/C19H23NOS/c1-4-14-19(22-18(21)20-3,16-8-6-5-7-9-16)17-12-10-15(2)11-13-17/h5-13H,4,14H2,1-3H3,(H,20,21)/t19-/m1/s1. The Kier molecular flexibility index (Phi) is 5.67. The van der Waals surface area contributed by atoms with Crippen LogP contribution in [0.5, 0.6) is 0 Å². The van der Waals surface area contributed by atoms with Crippen LogP contribution in [-0.4, -0.2) is 12.3 Å². The van der Waals surface area contributed by atoms with Gasteiger partial charge < -0.3 is 5.32 Å². The average molecular weight is 313 g/mol. The molecule has 116 valence electrons. The molecule has 0 saturated heterocycles. The summed E-state index contributed by atoms with van der Waals surface area (Å²) < 4.78 is -0.343. The van der Waals surface area contributed by atoms with E-state index in [2.05, 4.69) is 55.6 Å². The molecule has 0 heterocycles. The molecule has 0 bridgehead atoms. The summed E-state index contributed by atoms with van der Waals surface area (Å²) in [4.78, 5) is 12.2. The number of hydrogen-bond donors (Lipinski definition) is 1. The largest absolute Gasteiger partial charge is 0.350 e. The van der Waals surface area contributed by atoms with Crippen molar-refractivity contribution in [1.29, 1.82) is 0 Å². The van der Waals surface area contributed by atoms with Crippen molar-refractivity contribution in [2.45, 2.75) is 31.4 Å². The van der Waals surface area contributed by atoms with Crippen molar-refractivity contribution in [3.63, 3.8) is 0 Å². The van der Waals surface area contributed by atoms with Crippen LogP contribution in [0, 0.1) is 6.92 Å². The van der Waals surface area contributed by atoms with Gasteiger partial charge in [0, 0.05) is 7.05 Å². The fraction of sp³-hybridized carbons (Fsp3) is 0.316. The van der Waals surface area contributed by atoms with Gasteiger partial charge in [-0.15, -0.1) is 0 Å². The van der Waals surface area contributed by atoms with E-state index < -0.39 is 0 Å². The van der Waals surface area contributed by atoms with Crippen LogP contribution < -0.4 is 5.32 Å². The lowest BCUT2D eigenvalue weighted by molar-refractivity contribution is 0.262. The lowest BCUT2D eigenvalue weighted by Gasteiger charge is -2.33. The number of hydrogen-bond acceptors (Lipinski definition) is 2. The zero-order valence-electron chi connectivity index (χ0n) is 13.4. The third-order valence-corrected chi connectivity index (χ3v) is 5.24. The summed E-state index contributed by atoms with van der Waals surface area (Å²) in [6.45, 7) is 4.25. The molecule has 22 heavy (non-hydrogen) atoms. The molecule has 2 aromatic rings. The summed E-state index contributed by atoms with van der Waals surface area (Å²) in [5, 5.41) is 2.75. The Morgan fingerprint density at radius 1 is 1.05 bits per heavy atom. The smallest absolute Gasteiger partial charge is 0.280 e. The first kappa shape index (κ1) is 16.6. The highest BCUT2D eigenvalue weighted by Crippen LogP contribution is 2.46. The monoisotopic (exact) mass is 313 g/mol. The second-order valence-electron chi connectivity index (χ2n) is 5.45. The van der Waals surface area contributed by atoms with E-state index in [1.165, 1.54) is 28.5 Å². The van der Waals surface area contributed by atoms with Gasteiger partial charge in [0.15, 0.2) is 0 Å². The van der Waals surface area contributed by atoms with Gasteiger partial charge in [-0.3, -0.25) is 4.79 Å². The van der Waals surface area contributed by atoms with Crippen molar-refractivity contribution in [3.8, 4) is 0 Å². The molecule has 0 aliphatic rings. The third kappa shape index (κ3) is 3.53. The summed E-state index contributed by atoms with van der Waals surface area (Å²) >= 11 is 1.38. The predicted molar refractivity (Wildman–Crippen MR) is 95.4 cm³/mol. The van der Waals surface area contributed by atoms with Crippen LogP contribution in [-0.2, 0) is 4.75 Å². The lowest BCUT2D eigenvalue weighted by atomic mass is 9.86. The molecule has 2 aromatic carbocycles. The minimum absolute atomic E-state index is 0.00196. The number of thioether (sulfide) groups is 1. The number of benzene rings is 2. The fourth-order valence-corrected chi connectivity index (χ4v) is 3.95. The van der Waals surface area contributed by atoms with E-state index in [1.807, 2.05) is 18.2 Å². The van der Waals surface area contributed by atoms with E-state index in [0.717, 1.165) is 12.8 Å². The van der Waals surface area contributed by atoms with Crippen LogP contribution in [0.15, 0.2) is 54.6 Å². The topological polar surface area (TPSA) is 29.1 Å². The van der Waals surface area contributed by atoms with Crippen LogP contribution in [0.2, 0.25) is 0 Å². The molecule has 2 rings (SSSR count). The van der Waals surface area contributed by atoms with Crippen LogP contribution in [0.4, 0.5) is 4.79 Å². The number of aryl methyl sites for hydroxylation is 1. The quantitative estimate of drug-likeness (QED) is 0.831. The Balaban J connectivity index is 2.58. The number of nitrogens with one attached hydrogen (secondary N) is 1. The summed E-state index contributed by atoms with van der Waals surface area (Å²) in [5.41, 5.74) is 3.58. The van der Waals surface area contributed by atoms with Crippen molar-refractivity contribution in [3.05, 3.63) is 71.3 Å². The predicted octanol–water partition coefficient (Wildman–Crippen LogP) is 5.11. The number of carbonyl (C=O) groups is 1. The molecule has 0 spiro atoms. The first-order valence-corrected chi connectivity index (χ1v) is 8.47. The summed E-state index contributed by atoms with van der Waals surface area (Å²) in [5.74, 6) is 0. The minimum Gasteiger partial charge on any atom is -0.350 e. The second kappa shape index (κ2) is 7.50. The molecular formula is C19H23NOS. The molecule has 1 amide bonds. The van der Waals surface area contributed by atoms with Crippen molar-refractivity contribution in [2.24, 2.45) is 0 Å². The van der Waals surface area contributed by atoms with Crippen molar-refractivity contribution in [1.82, 2.24) is 5.32 Å². The molecule has 1 atom stereocenters. The maximum Gasteiger partial charge on any atom is 0.280 e.